The van der Waals surface area contributed by atoms with Gasteiger partial charge in [0, 0.05) is 6.42 Å². The molecule has 0 N–H and O–H groups in total. The molecule has 0 aliphatic rings. The molecule has 0 bridgehead atoms. The van der Waals surface area contributed by atoms with Crippen molar-refractivity contribution >= 4 is 29.0 Å². The van der Waals surface area contributed by atoms with Gasteiger partial charge in [0.25, 0.3) is 0 Å². The molecule has 0 radical (unpaired) electrons. The summed E-state index contributed by atoms with van der Waals surface area (Å²) in [5.74, 6) is -2.63. The smallest absolute Gasteiger partial charge is 0.170 e. The standard InChI is InChI=1S/C15H10Cl2F2O/c1-8-2-4-10(15(19)14(8)18)13(20)7-9-3-5-11(16)12(17)6-9/h2-6H,7H2,1H3. The highest BCUT2D eigenvalue weighted by Gasteiger charge is 2.17. The van der Waals surface area contributed by atoms with E-state index in [1.165, 1.54) is 25.1 Å². The molecule has 2 rings (SSSR count). The average Bonchev–Trinajstić information content (AvgIpc) is 2.40. The van der Waals surface area contributed by atoms with E-state index in [0.717, 1.165) is 0 Å². The summed E-state index contributed by atoms with van der Waals surface area (Å²) in [5, 5.41) is 0.683. The third-order valence-electron chi connectivity index (χ3n) is 2.92. The lowest BCUT2D eigenvalue weighted by Crippen LogP contribution is -2.08. The molecule has 0 unspecified atom stereocenters. The Kier molecular flexibility index (Phi) is 4.41. The summed E-state index contributed by atoms with van der Waals surface area (Å²) >= 11 is 11.6. The zero-order chi connectivity index (χ0) is 14.9. The number of benzene rings is 2. The molecular weight excluding hydrogens is 305 g/mol. The van der Waals surface area contributed by atoms with Gasteiger partial charge in [-0.3, -0.25) is 4.79 Å². The van der Waals surface area contributed by atoms with Gasteiger partial charge in [0.05, 0.1) is 15.6 Å². The van der Waals surface area contributed by atoms with Gasteiger partial charge >= 0.3 is 0 Å². The summed E-state index contributed by atoms with van der Waals surface area (Å²) < 4.78 is 27.2. The molecule has 0 amide bonds. The van der Waals surface area contributed by atoms with Crippen molar-refractivity contribution in [2.75, 3.05) is 0 Å². The number of hydrogen-bond acceptors (Lipinski definition) is 1. The van der Waals surface area contributed by atoms with Crippen molar-refractivity contribution in [3.8, 4) is 0 Å². The van der Waals surface area contributed by atoms with Crippen molar-refractivity contribution in [3.63, 3.8) is 0 Å². The number of ketones is 1. The number of hydrogen-bond donors (Lipinski definition) is 0. The first-order valence-electron chi connectivity index (χ1n) is 5.82. The fraction of sp³-hybridized carbons (Fsp3) is 0.133. The molecule has 104 valence electrons. The Morgan fingerprint density at radius 3 is 2.40 bits per heavy atom. The van der Waals surface area contributed by atoms with Crippen LogP contribution in [0.2, 0.25) is 10.0 Å². The van der Waals surface area contributed by atoms with Crippen molar-refractivity contribution in [2.45, 2.75) is 13.3 Å². The third-order valence-corrected chi connectivity index (χ3v) is 3.66. The van der Waals surface area contributed by atoms with E-state index in [1.54, 1.807) is 12.1 Å². The lowest BCUT2D eigenvalue weighted by molar-refractivity contribution is 0.0988. The van der Waals surface area contributed by atoms with Gasteiger partial charge in [0.2, 0.25) is 0 Å². The van der Waals surface area contributed by atoms with E-state index >= 15 is 0 Å². The van der Waals surface area contributed by atoms with Crippen LogP contribution in [0.4, 0.5) is 8.78 Å². The zero-order valence-corrected chi connectivity index (χ0v) is 12.0. The lowest BCUT2D eigenvalue weighted by atomic mass is 10.0. The van der Waals surface area contributed by atoms with E-state index in [0.29, 0.717) is 15.6 Å². The monoisotopic (exact) mass is 314 g/mol. The average molecular weight is 315 g/mol. The van der Waals surface area contributed by atoms with E-state index in [4.69, 9.17) is 23.2 Å². The first kappa shape index (κ1) is 14.9. The minimum Gasteiger partial charge on any atom is -0.294 e. The first-order valence-corrected chi connectivity index (χ1v) is 6.57. The van der Waals surface area contributed by atoms with Gasteiger partial charge in [-0.25, -0.2) is 8.78 Å². The highest BCUT2D eigenvalue weighted by molar-refractivity contribution is 6.42. The van der Waals surface area contributed by atoms with Gasteiger partial charge in [-0.2, -0.15) is 0 Å². The molecule has 5 heteroatoms. The van der Waals surface area contributed by atoms with Crippen molar-refractivity contribution in [2.24, 2.45) is 0 Å². The molecular formula is C15H10Cl2F2O. The molecule has 0 heterocycles. The summed E-state index contributed by atoms with van der Waals surface area (Å²) in [6.45, 7) is 1.44. The summed E-state index contributed by atoms with van der Waals surface area (Å²) in [6, 6.07) is 7.37. The maximum absolute atomic E-state index is 13.7. The largest absolute Gasteiger partial charge is 0.294 e. The highest BCUT2D eigenvalue weighted by atomic mass is 35.5. The Hall–Kier alpha value is -1.45. The van der Waals surface area contributed by atoms with E-state index in [2.05, 4.69) is 0 Å². The summed E-state index contributed by atoms with van der Waals surface area (Å²) in [4.78, 5) is 12.0. The quantitative estimate of drug-likeness (QED) is 0.728. The molecule has 0 saturated carbocycles. The maximum atomic E-state index is 13.7. The fourth-order valence-electron chi connectivity index (χ4n) is 1.79. The first-order chi connectivity index (χ1) is 9.40. The van der Waals surface area contributed by atoms with Crippen LogP contribution in [-0.4, -0.2) is 5.78 Å². The Balaban J connectivity index is 2.28. The number of rotatable bonds is 3. The summed E-state index contributed by atoms with van der Waals surface area (Å²) in [5.41, 5.74) is 0.484. The van der Waals surface area contributed by atoms with E-state index < -0.39 is 17.4 Å². The topological polar surface area (TPSA) is 17.1 Å². The van der Waals surface area contributed by atoms with Crippen molar-refractivity contribution in [1.82, 2.24) is 0 Å². The van der Waals surface area contributed by atoms with Crippen LogP contribution < -0.4 is 0 Å². The summed E-state index contributed by atoms with van der Waals surface area (Å²) in [6.07, 6.45) is -0.0731. The van der Waals surface area contributed by atoms with Crippen LogP contribution in [-0.2, 0) is 6.42 Å². The predicted octanol–water partition coefficient (Wildman–Crippen LogP) is 5.01. The normalized spacial score (nSPS) is 10.7. The Bertz CT molecular complexity index is 684. The van der Waals surface area contributed by atoms with Gasteiger partial charge in [0.15, 0.2) is 17.4 Å². The third kappa shape index (κ3) is 3.00. The minimum absolute atomic E-state index is 0.0731. The Labute approximate surface area is 125 Å². The van der Waals surface area contributed by atoms with Crippen LogP contribution >= 0.6 is 23.2 Å². The van der Waals surface area contributed by atoms with Crippen LogP contribution in [0.5, 0.6) is 0 Å². The van der Waals surface area contributed by atoms with Crippen molar-refractivity contribution < 1.29 is 13.6 Å². The Morgan fingerprint density at radius 1 is 1.05 bits per heavy atom. The fourth-order valence-corrected chi connectivity index (χ4v) is 2.11. The predicted molar refractivity (Wildman–Crippen MR) is 75.6 cm³/mol. The van der Waals surface area contributed by atoms with Crippen molar-refractivity contribution in [1.29, 1.82) is 0 Å². The number of halogens is 4. The molecule has 2 aromatic rings. The van der Waals surface area contributed by atoms with Crippen molar-refractivity contribution in [3.05, 3.63) is 68.7 Å². The minimum atomic E-state index is -1.12. The number of aryl methyl sites for hydroxylation is 1. The van der Waals surface area contributed by atoms with Crippen LogP contribution in [0.25, 0.3) is 0 Å². The second-order valence-corrected chi connectivity index (χ2v) is 5.22. The van der Waals surface area contributed by atoms with E-state index in [1.807, 2.05) is 0 Å². The molecule has 1 nitrogen and oxygen atoms in total. The zero-order valence-electron chi connectivity index (χ0n) is 10.5. The summed E-state index contributed by atoms with van der Waals surface area (Å²) in [7, 11) is 0. The molecule has 0 spiro atoms. The van der Waals surface area contributed by atoms with Crippen LogP contribution in [0.1, 0.15) is 21.5 Å². The van der Waals surface area contributed by atoms with Gasteiger partial charge < -0.3 is 0 Å². The highest BCUT2D eigenvalue weighted by Crippen LogP contribution is 2.24. The molecule has 0 aromatic heterocycles. The molecule has 0 saturated heterocycles. The van der Waals surface area contributed by atoms with Crippen LogP contribution in [0.15, 0.2) is 30.3 Å². The molecule has 2 aromatic carbocycles. The number of carbonyl (C=O) groups excluding carboxylic acids is 1. The lowest BCUT2D eigenvalue weighted by Gasteiger charge is -2.06. The van der Waals surface area contributed by atoms with Crippen LogP contribution in [0, 0.1) is 18.6 Å². The van der Waals surface area contributed by atoms with E-state index in [-0.39, 0.29) is 17.5 Å². The number of carbonyl (C=O) groups is 1. The van der Waals surface area contributed by atoms with Gasteiger partial charge in [-0.15, -0.1) is 0 Å². The SMILES string of the molecule is Cc1ccc(C(=O)Cc2ccc(Cl)c(Cl)c2)c(F)c1F. The number of Topliss-reactive ketones (excluding diaryl/α,β-unsaturated/α-hetero) is 1. The second-order valence-electron chi connectivity index (χ2n) is 4.41. The molecule has 0 aliphatic carbocycles. The van der Waals surface area contributed by atoms with Crippen LogP contribution in [0.3, 0.4) is 0 Å². The van der Waals surface area contributed by atoms with Gasteiger partial charge in [0.1, 0.15) is 0 Å². The second kappa shape index (κ2) is 5.90. The van der Waals surface area contributed by atoms with E-state index in [9.17, 15) is 13.6 Å². The van der Waals surface area contributed by atoms with Gasteiger partial charge in [-0.1, -0.05) is 35.3 Å². The molecule has 0 aliphatic heterocycles. The molecule has 0 atom stereocenters. The van der Waals surface area contributed by atoms with Gasteiger partial charge in [-0.05, 0) is 36.2 Å². The Morgan fingerprint density at radius 2 is 1.75 bits per heavy atom. The maximum Gasteiger partial charge on any atom is 0.170 e. The molecule has 20 heavy (non-hydrogen) atoms. The molecule has 0 fully saturated rings.